The van der Waals surface area contributed by atoms with E-state index in [-0.39, 0.29) is 12.1 Å². The molecule has 0 aromatic heterocycles. The van der Waals surface area contributed by atoms with Crippen LogP contribution in [-0.4, -0.2) is 25.3 Å². The van der Waals surface area contributed by atoms with Crippen molar-refractivity contribution in [3.63, 3.8) is 0 Å². The first-order chi connectivity index (χ1) is 8.72. The highest BCUT2D eigenvalue weighted by atomic mass is 16.7. The minimum atomic E-state index is -0.330. The zero-order valence-corrected chi connectivity index (χ0v) is 10.8. The van der Waals surface area contributed by atoms with Crippen molar-refractivity contribution in [2.24, 2.45) is 0 Å². The molecule has 0 saturated carbocycles. The number of rotatable bonds is 7. The molecule has 0 aliphatic rings. The normalized spacial score (nSPS) is 11.7. The Kier molecular flexibility index (Phi) is 6.64. The van der Waals surface area contributed by atoms with Crippen molar-refractivity contribution in [3.05, 3.63) is 30.3 Å². The van der Waals surface area contributed by atoms with Gasteiger partial charge in [-0.1, -0.05) is 25.1 Å². The maximum absolute atomic E-state index is 11.3. The Morgan fingerprint density at radius 2 is 2.00 bits per heavy atom. The Labute approximate surface area is 107 Å². The second-order valence-corrected chi connectivity index (χ2v) is 3.89. The third kappa shape index (κ3) is 6.10. The van der Waals surface area contributed by atoms with Crippen molar-refractivity contribution < 1.29 is 14.4 Å². The van der Waals surface area contributed by atoms with Crippen LogP contribution in [0, 0.1) is 0 Å². The van der Waals surface area contributed by atoms with E-state index in [9.17, 15) is 4.79 Å². The maximum Gasteiger partial charge on any atom is 0.338 e. The lowest BCUT2D eigenvalue weighted by Crippen LogP contribution is -2.40. The number of ether oxygens (including phenoxy) is 1. The Balaban J connectivity index is 2.03. The van der Waals surface area contributed by atoms with Gasteiger partial charge in [-0.3, -0.25) is 4.84 Å². The molecule has 1 aromatic carbocycles. The van der Waals surface area contributed by atoms with Gasteiger partial charge in [-0.05, 0) is 25.5 Å². The smallest absolute Gasteiger partial charge is 0.338 e. The van der Waals surface area contributed by atoms with Crippen LogP contribution in [0.25, 0.3) is 0 Å². The van der Waals surface area contributed by atoms with Crippen LogP contribution in [0.5, 0.6) is 5.75 Å². The molecule has 100 valence electrons. The molecule has 0 saturated heterocycles. The van der Waals surface area contributed by atoms with Crippen LogP contribution in [0.15, 0.2) is 30.3 Å². The predicted molar refractivity (Wildman–Crippen MR) is 69.3 cm³/mol. The molecule has 0 heterocycles. The number of para-hydroxylation sites is 1. The van der Waals surface area contributed by atoms with E-state index in [0.29, 0.717) is 13.2 Å². The highest BCUT2D eigenvalue weighted by Gasteiger charge is 2.03. The third-order valence-corrected chi connectivity index (χ3v) is 2.35. The number of carbonyl (C=O) groups is 1. The first-order valence-corrected chi connectivity index (χ1v) is 6.08. The van der Waals surface area contributed by atoms with E-state index >= 15 is 0 Å². The van der Waals surface area contributed by atoms with Gasteiger partial charge in [0.2, 0.25) is 0 Å². The molecule has 1 atom stereocenters. The lowest BCUT2D eigenvalue weighted by Gasteiger charge is -2.12. The number of nitrogens with one attached hydrogen (secondary N) is 2. The molecule has 0 aliphatic heterocycles. The number of hydroxylamine groups is 1. The van der Waals surface area contributed by atoms with E-state index in [2.05, 4.69) is 10.8 Å². The summed E-state index contributed by atoms with van der Waals surface area (Å²) in [6, 6.07) is 9.25. The van der Waals surface area contributed by atoms with Crippen molar-refractivity contribution in [3.8, 4) is 5.75 Å². The zero-order chi connectivity index (χ0) is 13.2. The van der Waals surface area contributed by atoms with Crippen LogP contribution in [0.3, 0.4) is 0 Å². The number of hydrogen-bond donors (Lipinski definition) is 2. The predicted octanol–water partition coefficient (Wildman–Crippen LogP) is 2.09. The quantitative estimate of drug-likeness (QED) is 0.577. The van der Waals surface area contributed by atoms with Gasteiger partial charge in [0.15, 0.2) is 0 Å². The van der Waals surface area contributed by atoms with Crippen LogP contribution < -0.4 is 15.5 Å². The van der Waals surface area contributed by atoms with Crippen LogP contribution in [-0.2, 0) is 4.84 Å². The van der Waals surface area contributed by atoms with Crippen LogP contribution >= 0.6 is 0 Å². The summed E-state index contributed by atoms with van der Waals surface area (Å²) in [5, 5.41) is 2.72. The number of urea groups is 1. The zero-order valence-electron chi connectivity index (χ0n) is 10.8. The largest absolute Gasteiger partial charge is 0.491 e. The molecule has 5 heteroatoms. The Morgan fingerprint density at radius 1 is 1.28 bits per heavy atom. The van der Waals surface area contributed by atoms with Gasteiger partial charge in [-0.2, -0.15) is 0 Å². The summed E-state index contributed by atoms with van der Waals surface area (Å²) in [6.07, 6.45) is 0.880. The third-order valence-electron chi connectivity index (χ3n) is 2.35. The molecule has 0 spiro atoms. The summed E-state index contributed by atoms with van der Waals surface area (Å²) >= 11 is 0. The topological polar surface area (TPSA) is 59.6 Å². The minimum Gasteiger partial charge on any atom is -0.491 e. The Hall–Kier alpha value is -1.75. The second-order valence-electron chi connectivity index (χ2n) is 3.89. The molecule has 0 fully saturated rings. The highest BCUT2D eigenvalue weighted by Crippen LogP contribution is 2.07. The van der Waals surface area contributed by atoms with E-state index in [1.54, 1.807) is 0 Å². The summed E-state index contributed by atoms with van der Waals surface area (Å²) in [5.74, 6) is 0.783. The summed E-state index contributed by atoms with van der Waals surface area (Å²) < 4.78 is 5.39. The molecule has 1 aromatic rings. The van der Waals surface area contributed by atoms with E-state index in [4.69, 9.17) is 9.57 Å². The van der Waals surface area contributed by atoms with E-state index in [1.807, 2.05) is 44.2 Å². The van der Waals surface area contributed by atoms with Crippen molar-refractivity contribution in [1.29, 1.82) is 0 Å². The molecule has 5 nitrogen and oxygen atoms in total. The van der Waals surface area contributed by atoms with Gasteiger partial charge in [0, 0.05) is 6.04 Å². The molecule has 0 radical (unpaired) electrons. The van der Waals surface area contributed by atoms with Crippen molar-refractivity contribution in [2.75, 3.05) is 13.2 Å². The van der Waals surface area contributed by atoms with Gasteiger partial charge in [-0.25, -0.2) is 10.3 Å². The summed E-state index contributed by atoms with van der Waals surface area (Å²) in [6.45, 7) is 4.61. The van der Waals surface area contributed by atoms with Gasteiger partial charge < -0.3 is 10.1 Å². The summed E-state index contributed by atoms with van der Waals surface area (Å²) in [7, 11) is 0. The molecule has 1 rings (SSSR count). The molecule has 18 heavy (non-hydrogen) atoms. The van der Waals surface area contributed by atoms with E-state index in [1.165, 1.54) is 0 Å². The summed E-state index contributed by atoms with van der Waals surface area (Å²) in [5.41, 5.74) is 2.30. The van der Waals surface area contributed by atoms with Crippen molar-refractivity contribution in [1.82, 2.24) is 10.8 Å². The van der Waals surface area contributed by atoms with Crippen molar-refractivity contribution in [2.45, 2.75) is 26.3 Å². The molecule has 2 amide bonds. The lowest BCUT2D eigenvalue weighted by atomic mass is 10.3. The van der Waals surface area contributed by atoms with Gasteiger partial charge in [0.05, 0.1) is 0 Å². The molecule has 0 bridgehead atoms. The molecule has 1 unspecified atom stereocenters. The Bertz CT molecular complexity index is 343. The number of carbonyl (C=O) groups excluding carboxylic acids is 1. The van der Waals surface area contributed by atoms with Gasteiger partial charge >= 0.3 is 6.03 Å². The number of hydrogen-bond acceptors (Lipinski definition) is 3. The average Bonchev–Trinajstić information content (AvgIpc) is 2.39. The fourth-order valence-corrected chi connectivity index (χ4v) is 1.19. The first kappa shape index (κ1) is 14.3. The second kappa shape index (κ2) is 8.36. The van der Waals surface area contributed by atoms with E-state index < -0.39 is 0 Å². The monoisotopic (exact) mass is 252 g/mol. The number of benzene rings is 1. The molecular formula is C13H20N2O3. The van der Waals surface area contributed by atoms with Gasteiger partial charge in [-0.15, -0.1) is 0 Å². The lowest BCUT2D eigenvalue weighted by molar-refractivity contribution is 0.0408. The molecular weight excluding hydrogens is 232 g/mol. The molecule has 0 aliphatic carbocycles. The van der Waals surface area contributed by atoms with Crippen LogP contribution in [0.4, 0.5) is 4.79 Å². The van der Waals surface area contributed by atoms with Crippen LogP contribution in [0.1, 0.15) is 20.3 Å². The van der Waals surface area contributed by atoms with Gasteiger partial charge in [0.1, 0.15) is 19.0 Å². The Morgan fingerprint density at radius 3 is 2.67 bits per heavy atom. The van der Waals surface area contributed by atoms with Gasteiger partial charge in [0.25, 0.3) is 0 Å². The average molecular weight is 252 g/mol. The van der Waals surface area contributed by atoms with E-state index in [0.717, 1.165) is 12.2 Å². The summed E-state index contributed by atoms with van der Waals surface area (Å²) in [4.78, 5) is 16.2. The fourth-order valence-electron chi connectivity index (χ4n) is 1.19. The standard InChI is InChI=1S/C13H20N2O3/c1-3-11(2)14-13(16)15-18-10-9-17-12-7-5-4-6-8-12/h4-8,11H,3,9-10H2,1-2H3,(H2,14,15,16). The fraction of sp³-hybridized carbons (Fsp3) is 0.462. The van der Waals surface area contributed by atoms with Crippen LogP contribution in [0.2, 0.25) is 0 Å². The SMILES string of the molecule is CCC(C)NC(=O)NOCCOc1ccccc1. The molecule has 2 N–H and O–H groups in total. The maximum atomic E-state index is 11.3. The minimum absolute atomic E-state index is 0.133. The highest BCUT2D eigenvalue weighted by molar-refractivity contribution is 5.72. The first-order valence-electron chi connectivity index (χ1n) is 6.08. The number of amides is 2. The van der Waals surface area contributed by atoms with Crippen molar-refractivity contribution >= 4 is 6.03 Å².